The van der Waals surface area contributed by atoms with E-state index in [1.807, 2.05) is 0 Å². The van der Waals surface area contributed by atoms with Crippen LogP contribution in [0.15, 0.2) is 18.6 Å². The summed E-state index contributed by atoms with van der Waals surface area (Å²) in [5.41, 5.74) is -2.64. The van der Waals surface area contributed by atoms with Gasteiger partial charge in [-0.05, 0) is 26.7 Å². The van der Waals surface area contributed by atoms with E-state index in [-0.39, 0.29) is 55.6 Å². The van der Waals surface area contributed by atoms with E-state index in [1.165, 1.54) is 30.9 Å². The second-order valence-electron chi connectivity index (χ2n) is 8.96. The van der Waals surface area contributed by atoms with E-state index in [2.05, 4.69) is 20.4 Å². The van der Waals surface area contributed by atoms with Crippen LogP contribution in [0.3, 0.4) is 0 Å². The van der Waals surface area contributed by atoms with Gasteiger partial charge >= 0.3 is 6.18 Å². The normalized spacial score (nSPS) is 20.2. The third-order valence-electron chi connectivity index (χ3n) is 5.30. The number of sulfonamides is 1. The van der Waals surface area contributed by atoms with Crippen LogP contribution < -0.4 is 5.32 Å². The number of hydrogen-bond acceptors (Lipinski definition) is 7. The highest BCUT2D eigenvalue weighted by atomic mass is 35.5. The van der Waals surface area contributed by atoms with Crippen molar-refractivity contribution >= 4 is 27.6 Å². The monoisotopic (exact) mass is 542 g/mol. The Bertz CT molecular complexity index is 1120. The molecule has 0 bridgehead atoms. The van der Waals surface area contributed by atoms with Gasteiger partial charge in [-0.25, -0.2) is 22.8 Å². The average molecular weight is 543 g/mol. The second-order valence-corrected chi connectivity index (χ2v) is 11.4. The topological polar surface area (TPSA) is 113 Å². The van der Waals surface area contributed by atoms with Crippen LogP contribution in [0, 0.1) is 0 Å². The zero-order chi connectivity index (χ0) is 26.0. The number of rotatable bonds is 9. The minimum absolute atomic E-state index is 0.0416. The van der Waals surface area contributed by atoms with Gasteiger partial charge in [0.25, 0.3) is 0 Å². The number of aliphatic hydroxyl groups is 1. The maximum atomic E-state index is 14.8. The van der Waals surface area contributed by atoms with Gasteiger partial charge in [0.2, 0.25) is 16.0 Å². The maximum absolute atomic E-state index is 14.8. The number of alkyl halides is 5. The quantitative estimate of drug-likeness (QED) is 0.370. The Hall–Kier alpha value is -2.03. The van der Waals surface area contributed by atoms with Crippen molar-refractivity contribution in [1.29, 1.82) is 0 Å². The van der Waals surface area contributed by atoms with Gasteiger partial charge in [0.05, 0.1) is 35.8 Å². The third kappa shape index (κ3) is 7.24. The van der Waals surface area contributed by atoms with Crippen molar-refractivity contribution in [2.75, 3.05) is 30.0 Å². The van der Waals surface area contributed by atoms with Crippen molar-refractivity contribution in [3.05, 3.63) is 24.2 Å². The summed E-state index contributed by atoms with van der Waals surface area (Å²) >= 11 is 5.55. The molecule has 2 aromatic heterocycles. The van der Waals surface area contributed by atoms with Gasteiger partial charge in [0.15, 0.2) is 0 Å². The largest absolute Gasteiger partial charge is 0.419 e. The lowest BCUT2D eigenvalue weighted by molar-refractivity contribution is -0.137. The molecule has 15 heteroatoms. The van der Waals surface area contributed by atoms with Crippen LogP contribution in [-0.2, 0) is 22.7 Å². The molecule has 0 aliphatic carbocycles. The Morgan fingerprint density at radius 3 is 2.60 bits per heavy atom. The number of nitrogens with one attached hydrogen (secondary N) is 1. The van der Waals surface area contributed by atoms with Gasteiger partial charge in [-0.2, -0.15) is 22.6 Å². The number of hydrogen-bond donors (Lipinski definition) is 2. The van der Waals surface area contributed by atoms with Gasteiger partial charge in [-0.15, -0.1) is 11.6 Å². The first-order valence-corrected chi connectivity index (χ1v) is 13.0. The molecule has 2 aromatic rings. The Labute approximate surface area is 205 Å². The van der Waals surface area contributed by atoms with Crippen LogP contribution in [0.4, 0.5) is 23.5 Å². The van der Waals surface area contributed by atoms with E-state index >= 15 is 0 Å². The lowest BCUT2D eigenvalue weighted by atomic mass is 10.1. The molecule has 0 unspecified atom stereocenters. The fourth-order valence-corrected chi connectivity index (χ4v) is 5.48. The number of halogens is 5. The molecule has 0 aromatic carbocycles. The summed E-state index contributed by atoms with van der Waals surface area (Å²) in [5, 5.41) is 16.6. The van der Waals surface area contributed by atoms with E-state index in [0.717, 1.165) is 4.31 Å². The Balaban J connectivity index is 1.80. The molecule has 3 heterocycles. The predicted molar refractivity (Wildman–Crippen MR) is 122 cm³/mol. The zero-order valence-electron chi connectivity index (χ0n) is 19.1. The van der Waals surface area contributed by atoms with Crippen LogP contribution in [0.25, 0.3) is 11.3 Å². The highest BCUT2D eigenvalue weighted by Gasteiger charge is 2.38. The standard InChI is InChI=1S/C20H27ClF4N6O3S/c1-19(2,32)12-30-10-13(8-27-30)17-14(20(23,24)25)9-26-18(29-17)28-16-4-6-31(11-15(16)22)35(33,34)7-3-5-21/h8-10,15-16,32H,3-7,11-12H2,1-2H3,(H,26,28,29)/t15-,16+/m1/s1. The molecule has 0 radical (unpaired) electrons. The van der Waals surface area contributed by atoms with Gasteiger partial charge in [0, 0.05) is 36.9 Å². The van der Waals surface area contributed by atoms with E-state index in [4.69, 9.17) is 11.6 Å². The summed E-state index contributed by atoms with van der Waals surface area (Å²) in [6.07, 6.45) is -2.94. The molecular formula is C20H27ClF4N6O3S. The summed E-state index contributed by atoms with van der Waals surface area (Å²) in [5.74, 6) is -0.247. The molecule has 0 amide bonds. The second kappa shape index (κ2) is 10.5. The summed E-state index contributed by atoms with van der Waals surface area (Å²) in [7, 11) is -3.65. The maximum Gasteiger partial charge on any atom is 0.419 e. The summed E-state index contributed by atoms with van der Waals surface area (Å²) in [4.78, 5) is 7.70. The SMILES string of the molecule is CC(C)(O)Cn1cc(-c2nc(N[C@H]3CCN(S(=O)(=O)CCCCl)C[C@H]3F)ncc2C(F)(F)F)cn1. The van der Waals surface area contributed by atoms with E-state index in [0.29, 0.717) is 6.20 Å². The Morgan fingerprint density at radius 1 is 1.29 bits per heavy atom. The molecule has 3 rings (SSSR count). The fraction of sp³-hybridized carbons (Fsp3) is 0.650. The average Bonchev–Trinajstić information content (AvgIpc) is 3.19. The summed E-state index contributed by atoms with van der Waals surface area (Å²) in [6.45, 7) is 2.76. The third-order valence-corrected chi connectivity index (χ3v) is 7.49. The van der Waals surface area contributed by atoms with Crippen molar-refractivity contribution in [2.45, 2.75) is 57.2 Å². The Morgan fingerprint density at radius 2 is 2.00 bits per heavy atom. The molecular weight excluding hydrogens is 516 g/mol. The molecule has 9 nitrogen and oxygen atoms in total. The Kier molecular flexibility index (Phi) is 8.29. The van der Waals surface area contributed by atoms with Crippen molar-refractivity contribution in [3.63, 3.8) is 0 Å². The zero-order valence-corrected chi connectivity index (χ0v) is 20.7. The van der Waals surface area contributed by atoms with Crippen LogP contribution in [0.5, 0.6) is 0 Å². The van der Waals surface area contributed by atoms with Crippen LogP contribution in [0.2, 0.25) is 0 Å². The molecule has 35 heavy (non-hydrogen) atoms. The number of aromatic nitrogens is 4. The first kappa shape index (κ1) is 27.6. The molecule has 1 fully saturated rings. The first-order valence-electron chi connectivity index (χ1n) is 10.8. The predicted octanol–water partition coefficient (Wildman–Crippen LogP) is 2.91. The van der Waals surface area contributed by atoms with Crippen LogP contribution in [-0.4, -0.2) is 80.1 Å². The number of anilines is 1. The van der Waals surface area contributed by atoms with E-state index in [9.17, 15) is 31.1 Å². The summed E-state index contributed by atoms with van der Waals surface area (Å²) < 4.78 is 82.6. The number of nitrogens with zero attached hydrogens (tertiary/aromatic N) is 5. The minimum atomic E-state index is -4.75. The van der Waals surface area contributed by atoms with Gasteiger partial charge in [-0.1, -0.05) is 0 Å². The smallest absolute Gasteiger partial charge is 0.389 e. The highest BCUT2D eigenvalue weighted by Crippen LogP contribution is 2.36. The lowest BCUT2D eigenvalue weighted by Gasteiger charge is -2.34. The van der Waals surface area contributed by atoms with Crippen LogP contribution >= 0.6 is 11.6 Å². The highest BCUT2D eigenvalue weighted by molar-refractivity contribution is 7.89. The molecule has 1 aliphatic rings. The number of piperidine rings is 1. The van der Waals surface area contributed by atoms with Crippen molar-refractivity contribution in [1.82, 2.24) is 24.1 Å². The lowest BCUT2D eigenvalue weighted by Crippen LogP contribution is -2.50. The molecule has 2 N–H and O–H groups in total. The molecule has 0 saturated carbocycles. The van der Waals surface area contributed by atoms with Gasteiger partial charge in [0.1, 0.15) is 11.7 Å². The molecule has 1 saturated heterocycles. The van der Waals surface area contributed by atoms with Gasteiger partial charge < -0.3 is 10.4 Å². The molecule has 1 aliphatic heterocycles. The van der Waals surface area contributed by atoms with E-state index < -0.39 is 45.3 Å². The van der Waals surface area contributed by atoms with Gasteiger partial charge in [-0.3, -0.25) is 4.68 Å². The van der Waals surface area contributed by atoms with Crippen molar-refractivity contribution in [3.8, 4) is 11.3 Å². The fourth-order valence-electron chi connectivity index (χ4n) is 3.67. The summed E-state index contributed by atoms with van der Waals surface area (Å²) in [6, 6.07) is -0.892. The van der Waals surface area contributed by atoms with Crippen LogP contribution in [0.1, 0.15) is 32.3 Å². The molecule has 0 spiro atoms. The van der Waals surface area contributed by atoms with E-state index in [1.54, 1.807) is 0 Å². The van der Waals surface area contributed by atoms with Crippen molar-refractivity contribution in [2.24, 2.45) is 0 Å². The molecule has 196 valence electrons. The van der Waals surface area contributed by atoms with Crippen molar-refractivity contribution < 1.29 is 31.1 Å². The first-order chi connectivity index (χ1) is 16.2. The minimum Gasteiger partial charge on any atom is -0.389 e. The molecule has 2 atom stereocenters.